The summed E-state index contributed by atoms with van der Waals surface area (Å²) in [5.41, 5.74) is 5.50. The van der Waals surface area contributed by atoms with Gasteiger partial charge in [0, 0.05) is 23.8 Å². The molecule has 43 heavy (non-hydrogen) atoms. The lowest BCUT2D eigenvalue weighted by Crippen LogP contribution is -2.24. The molecular weight excluding hydrogens is 538 g/mol. The summed E-state index contributed by atoms with van der Waals surface area (Å²) in [4.78, 5) is 14.5. The Morgan fingerprint density at radius 1 is 0.698 bits per heavy atom. The van der Waals surface area contributed by atoms with Crippen LogP contribution >= 0.6 is 0 Å². The van der Waals surface area contributed by atoms with Gasteiger partial charge >= 0.3 is 0 Å². The molecule has 0 saturated carbocycles. The van der Waals surface area contributed by atoms with Crippen molar-refractivity contribution in [3.05, 3.63) is 77.4 Å². The van der Waals surface area contributed by atoms with Crippen LogP contribution in [0.25, 0.3) is 34.2 Å². The number of phenols is 1. The molecule has 0 aliphatic rings. The fourth-order valence-corrected chi connectivity index (χ4v) is 4.72. The molecular formula is C36H45N3O4. The number of aliphatic hydroxyl groups excluding tert-OH is 1. The van der Waals surface area contributed by atoms with Crippen LogP contribution in [-0.4, -0.2) is 51.1 Å². The molecule has 2 N–H and O–H groups in total. The van der Waals surface area contributed by atoms with Crippen LogP contribution in [0.3, 0.4) is 0 Å². The molecule has 4 rings (SSSR count). The van der Waals surface area contributed by atoms with Gasteiger partial charge in [-0.25, -0.2) is 15.0 Å². The second-order valence-corrected chi connectivity index (χ2v) is 11.2. The standard InChI is InChI=1S/C36H45N3O4/c1-5-7-9-10-11-29-21-31(32(41)22-33(29)43-24-30(40)23-42-20-8-6-2)36-38-34(27-16-12-25(3)13-17-27)37-35(39-36)28-18-14-26(4)15-19-28/h12-19,21-22,30,40-41H,5-11,20,23-24H2,1-4H3. The van der Waals surface area contributed by atoms with E-state index in [0.717, 1.165) is 72.8 Å². The van der Waals surface area contributed by atoms with E-state index >= 15 is 0 Å². The molecule has 228 valence electrons. The van der Waals surface area contributed by atoms with Crippen LogP contribution in [0.5, 0.6) is 11.5 Å². The van der Waals surface area contributed by atoms with Crippen LogP contribution in [0.1, 0.15) is 69.1 Å². The van der Waals surface area contributed by atoms with Crippen LogP contribution in [0.4, 0.5) is 0 Å². The van der Waals surface area contributed by atoms with Gasteiger partial charge in [0.25, 0.3) is 0 Å². The van der Waals surface area contributed by atoms with Crippen molar-refractivity contribution in [1.82, 2.24) is 15.0 Å². The first-order chi connectivity index (χ1) is 20.9. The number of aliphatic hydroxyl groups is 1. The first kappa shape index (κ1) is 32.1. The van der Waals surface area contributed by atoms with Crippen LogP contribution in [0.15, 0.2) is 60.7 Å². The van der Waals surface area contributed by atoms with Gasteiger partial charge in [-0.3, -0.25) is 0 Å². The van der Waals surface area contributed by atoms with Crippen molar-refractivity contribution in [2.24, 2.45) is 0 Å². The Morgan fingerprint density at radius 3 is 1.86 bits per heavy atom. The van der Waals surface area contributed by atoms with Crippen molar-refractivity contribution in [2.75, 3.05) is 19.8 Å². The van der Waals surface area contributed by atoms with E-state index in [2.05, 4.69) is 13.8 Å². The zero-order valence-corrected chi connectivity index (χ0v) is 26.0. The molecule has 4 aromatic rings. The van der Waals surface area contributed by atoms with Gasteiger partial charge in [-0.1, -0.05) is 99.2 Å². The quantitative estimate of drug-likeness (QED) is 0.130. The molecule has 0 bridgehead atoms. The summed E-state index contributed by atoms with van der Waals surface area (Å²) < 4.78 is 11.6. The summed E-state index contributed by atoms with van der Waals surface area (Å²) in [5, 5.41) is 21.7. The van der Waals surface area contributed by atoms with E-state index in [0.29, 0.717) is 35.4 Å². The summed E-state index contributed by atoms with van der Waals surface area (Å²) in [6, 6.07) is 19.7. The Hall–Kier alpha value is -3.81. The third kappa shape index (κ3) is 9.34. The van der Waals surface area contributed by atoms with Crippen LogP contribution < -0.4 is 4.74 Å². The van der Waals surface area contributed by atoms with Gasteiger partial charge in [-0.05, 0) is 44.7 Å². The molecule has 1 heterocycles. The summed E-state index contributed by atoms with van der Waals surface area (Å²) in [7, 11) is 0. The van der Waals surface area contributed by atoms with Crippen molar-refractivity contribution in [2.45, 2.75) is 78.7 Å². The highest BCUT2D eigenvalue weighted by molar-refractivity contribution is 5.71. The molecule has 0 aliphatic carbocycles. The van der Waals surface area contributed by atoms with E-state index in [1.165, 1.54) is 0 Å². The molecule has 1 aromatic heterocycles. The van der Waals surface area contributed by atoms with E-state index in [-0.39, 0.29) is 19.0 Å². The van der Waals surface area contributed by atoms with E-state index in [1.807, 2.05) is 68.4 Å². The molecule has 1 atom stereocenters. The lowest BCUT2D eigenvalue weighted by atomic mass is 10.0. The zero-order chi connectivity index (χ0) is 30.6. The predicted molar refractivity (Wildman–Crippen MR) is 172 cm³/mol. The minimum atomic E-state index is -0.760. The third-order valence-electron chi connectivity index (χ3n) is 7.36. The van der Waals surface area contributed by atoms with Gasteiger partial charge in [0.15, 0.2) is 17.5 Å². The second kappa shape index (κ2) is 16.1. The number of hydrogen-bond acceptors (Lipinski definition) is 7. The van der Waals surface area contributed by atoms with Gasteiger partial charge in [0.05, 0.1) is 12.2 Å². The molecule has 0 aliphatic heterocycles. The Kier molecular flexibility index (Phi) is 12.1. The number of rotatable bonds is 16. The minimum Gasteiger partial charge on any atom is -0.507 e. The molecule has 0 fully saturated rings. The summed E-state index contributed by atoms with van der Waals surface area (Å²) >= 11 is 0. The third-order valence-corrected chi connectivity index (χ3v) is 7.36. The summed E-state index contributed by atoms with van der Waals surface area (Å²) in [6.45, 7) is 9.29. The van der Waals surface area contributed by atoms with Crippen LogP contribution in [0, 0.1) is 13.8 Å². The van der Waals surface area contributed by atoms with Gasteiger partial charge < -0.3 is 19.7 Å². The van der Waals surface area contributed by atoms with Gasteiger partial charge in [0.1, 0.15) is 24.2 Å². The number of unbranched alkanes of at least 4 members (excludes halogenated alkanes) is 4. The van der Waals surface area contributed by atoms with E-state index in [1.54, 1.807) is 6.07 Å². The predicted octanol–water partition coefficient (Wildman–Crippen LogP) is 7.87. The Bertz CT molecular complexity index is 1370. The van der Waals surface area contributed by atoms with Crippen LogP contribution in [0.2, 0.25) is 0 Å². The first-order valence-corrected chi connectivity index (χ1v) is 15.5. The molecule has 0 saturated heterocycles. The van der Waals surface area contributed by atoms with E-state index in [4.69, 9.17) is 24.4 Å². The molecule has 7 nitrogen and oxygen atoms in total. The average molecular weight is 584 g/mol. The maximum Gasteiger partial charge on any atom is 0.167 e. The lowest BCUT2D eigenvalue weighted by molar-refractivity contribution is 0.0111. The lowest BCUT2D eigenvalue weighted by Gasteiger charge is -2.17. The molecule has 1 unspecified atom stereocenters. The Labute approximate surface area is 256 Å². The molecule has 7 heteroatoms. The van der Waals surface area contributed by atoms with E-state index < -0.39 is 6.10 Å². The van der Waals surface area contributed by atoms with Gasteiger partial charge in [0.2, 0.25) is 0 Å². The SMILES string of the molecule is CCCCCCc1cc(-c2nc(-c3ccc(C)cc3)nc(-c3ccc(C)cc3)n2)c(O)cc1OCC(O)COCCCC. The topological polar surface area (TPSA) is 97.6 Å². The average Bonchev–Trinajstić information content (AvgIpc) is 3.01. The van der Waals surface area contributed by atoms with Gasteiger partial charge in [-0.2, -0.15) is 0 Å². The van der Waals surface area contributed by atoms with Gasteiger partial charge in [-0.15, -0.1) is 0 Å². The van der Waals surface area contributed by atoms with Crippen molar-refractivity contribution < 1.29 is 19.7 Å². The number of aromatic nitrogens is 3. The maximum atomic E-state index is 11.3. The monoisotopic (exact) mass is 583 g/mol. The van der Waals surface area contributed by atoms with Crippen molar-refractivity contribution >= 4 is 0 Å². The number of hydrogen-bond donors (Lipinski definition) is 2. The van der Waals surface area contributed by atoms with Crippen molar-refractivity contribution in [1.29, 1.82) is 0 Å². The smallest absolute Gasteiger partial charge is 0.167 e. The number of phenolic OH excluding ortho intramolecular Hbond substituents is 1. The fraction of sp³-hybridized carbons (Fsp3) is 0.417. The number of aryl methyl sites for hydroxylation is 3. The number of benzene rings is 3. The van der Waals surface area contributed by atoms with Crippen LogP contribution in [-0.2, 0) is 11.2 Å². The minimum absolute atomic E-state index is 0.0110. The number of nitrogens with zero attached hydrogens (tertiary/aromatic N) is 3. The maximum absolute atomic E-state index is 11.3. The van der Waals surface area contributed by atoms with Crippen molar-refractivity contribution in [3.63, 3.8) is 0 Å². The largest absolute Gasteiger partial charge is 0.507 e. The summed E-state index contributed by atoms with van der Waals surface area (Å²) in [5.74, 6) is 2.03. The first-order valence-electron chi connectivity index (χ1n) is 15.5. The highest BCUT2D eigenvalue weighted by atomic mass is 16.5. The highest BCUT2D eigenvalue weighted by Crippen LogP contribution is 2.36. The fourth-order valence-electron chi connectivity index (χ4n) is 4.72. The zero-order valence-electron chi connectivity index (χ0n) is 26.0. The Balaban J connectivity index is 1.70. The molecule has 0 radical (unpaired) electrons. The molecule has 0 amide bonds. The number of aromatic hydroxyl groups is 1. The molecule has 0 spiro atoms. The molecule has 3 aromatic carbocycles. The second-order valence-electron chi connectivity index (χ2n) is 11.2. The highest BCUT2D eigenvalue weighted by Gasteiger charge is 2.19. The summed E-state index contributed by atoms with van der Waals surface area (Å²) in [6.07, 6.45) is 6.39. The normalized spacial score (nSPS) is 11.9. The van der Waals surface area contributed by atoms with Crippen molar-refractivity contribution in [3.8, 4) is 45.7 Å². The Morgan fingerprint density at radius 2 is 1.28 bits per heavy atom. The van der Waals surface area contributed by atoms with E-state index in [9.17, 15) is 10.2 Å². The number of ether oxygens (including phenoxy) is 2.